The number of halogens is 2. The molecular formula is C3H5Cl2O. The van der Waals surface area contributed by atoms with E-state index < -0.39 is 0 Å². The maximum Gasteiger partial charge on any atom is 0.277 e. The van der Waals surface area contributed by atoms with Gasteiger partial charge in [0, 0.05) is 6.61 Å². The van der Waals surface area contributed by atoms with Crippen molar-refractivity contribution in [1.29, 1.82) is 0 Å². The highest BCUT2D eigenvalue weighted by Gasteiger charge is 1.93. The van der Waals surface area contributed by atoms with Crippen LogP contribution in [-0.4, -0.2) is 6.61 Å². The molecule has 0 spiro atoms. The van der Waals surface area contributed by atoms with Crippen molar-refractivity contribution in [2.45, 2.75) is 6.92 Å². The largest absolute Gasteiger partial charge is 0.343 e. The van der Waals surface area contributed by atoms with E-state index in [1.165, 1.54) is 0 Å². The Morgan fingerprint density at radius 3 is 2.17 bits per heavy atom. The van der Waals surface area contributed by atoms with Crippen LogP contribution in [0.4, 0.5) is 0 Å². The minimum Gasteiger partial charge on any atom is -0.343 e. The average Bonchev–Trinajstić information content (AvgIpc) is 1.35. The molecule has 0 amide bonds. The van der Waals surface area contributed by atoms with Gasteiger partial charge in [-0.2, -0.15) is 0 Å². The van der Waals surface area contributed by atoms with Crippen LogP contribution in [0.15, 0.2) is 0 Å². The van der Waals surface area contributed by atoms with Gasteiger partial charge in [-0.05, 0) is 6.92 Å². The Bertz CT molecular complexity index is 30.0. The molecule has 0 aromatic carbocycles. The molecule has 1 nitrogen and oxygen atoms in total. The second-order valence-corrected chi connectivity index (χ2v) is 1.54. The van der Waals surface area contributed by atoms with Crippen molar-refractivity contribution < 1.29 is 4.74 Å². The monoisotopic (exact) mass is 127 g/mol. The summed E-state index contributed by atoms with van der Waals surface area (Å²) in [6.45, 7) is 2.34. The lowest BCUT2D eigenvalue weighted by molar-refractivity contribution is 0.230. The Labute approximate surface area is 47.2 Å². The molecule has 0 aliphatic rings. The van der Waals surface area contributed by atoms with E-state index in [0.29, 0.717) is 6.61 Å². The fourth-order valence-electron chi connectivity index (χ4n) is 0.109. The van der Waals surface area contributed by atoms with Gasteiger partial charge in [0.25, 0.3) is 5.02 Å². The minimum atomic E-state index is -0.0162. The van der Waals surface area contributed by atoms with Gasteiger partial charge in [-0.15, -0.1) is 0 Å². The van der Waals surface area contributed by atoms with Gasteiger partial charge >= 0.3 is 0 Å². The van der Waals surface area contributed by atoms with Crippen molar-refractivity contribution in [1.82, 2.24) is 0 Å². The zero-order chi connectivity index (χ0) is 4.99. The third-order valence-electron chi connectivity index (χ3n) is 0.253. The van der Waals surface area contributed by atoms with Gasteiger partial charge < -0.3 is 4.74 Å². The fraction of sp³-hybridized carbons (Fsp3) is 0.667. The topological polar surface area (TPSA) is 9.23 Å². The lowest BCUT2D eigenvalue weighted by Gasteiger charge is -1.92. The highest BCUT2D eigenvalue weighted by molar-refractivity contribution is 6.51. The van der Waals surface area contributed by atoms with Crippen LogP contribution in [0, 0.1) is 5.02 Å². The first-order valence-electron chi connectivity index (χ1n) is 1.58. The van der Waals surface area contributed by atoms with Crippen LogP contribution in [0.2, 0.25) is 0 Å². The highest BCUT2D eigenvalue weighted by atomic mass is 35.5. The third kappa shape index (κ3) is 4.54. The molecule has 0 aliphatic carbocycles. The Morgan fingerprint density at radius 2 is 2.17 bits per heavy atom. The summed E-state index contributed by atoms with van der Waals surface area (Å²) in [5.74, 6) is 0. The molecule has 0 bridgehead atoms. The molecule has 0 saturated carbocycles. The van der Waals surface area contributed by atoms with E-state index in [0.717, 1.165) is 0 Å². The molecular weight excluding hydrogens is 123 g/mol. The van der Waals surface area contributed by atoms with E-state index in [-0.39, 0.29) is 5.02 Å². The molecule has 6 heavy (non-hydrogen) atoms. The average molecular weight is 128 g/mol. The predicted octanol–water partition coefficient (Wildman–Crippen LogP) is 1.95. The molecule has 0 aromatic heterocycles. The van der Waals surface area contributed by atoms with E-state index in [1.807, 2.05) is 6.92 Å². The zero-order valence-electron chi connectivity index (χ0n) is 3.37. The molecule has 0 fully saturated rings. The summed E-state index contributed by atoms with van der Waals surface area (Å²) in [5.41, 5.74) is 0. The number of hydrogen-bond acceptors (Lipinski definition) is 1. The Balaban J connectivity index is 2.63. The van der Waals surface area contributed by atoms with Gasteiger partial charge in [0.2, 0.25) is 0 Å². The van der Waals surface area contributed by atoms with Crippen molar-refractivity contribution in [2.75, 3.05) is 6.61 Å². The van der Waals surface area contributed by atoms with Crippen molar-refractivity contribution in [2.24, 2.45) is 0 Å². The van der Waals surface area contributed by atoms with Crippen LogP contribution in [0.1, 0.15) is 6.92 Å². The first-order valence-corrected chi connectivity index (χ1v) is 2.33. The van der Waals surface area contributed by atoms with Crippen LogP contribution >= 0.6 is 23.2 Å². The van der Waals surface area contributed by atoms with Crippen molar-refractivity contribution in [3.05, 3.63) is 5.02 Å². The molecule has 1 radical (unpaired) electrons. The Hall–Kier alpha value is 0.540. The van der Waals surface area contributed by atoms with Crippen LogP contribution in [0.25, 0.3) is 0 Å². The first kappa shape index (κ1) is 6.54. The predicted molar refractivity (Wildman–Crippen MR) is 26.6 cm³/mol. The summed E-state index contributed by atoms with van der Waals surface area (Å²) in [5, 5.41) is -0.0162. The van der Waals surface area contributed by atoms with Gasteiger partial charge in [-0.1, -0.05) is 23.2 Å². The molecule has 37 valence electrons. The summed E-state index contributed by atoms with van der Waals surface area (Å²) in [4.78, 5) is 0. The second kappa shape index (κ2) is 3.72. The lowest BCUT2D eigenvalue weighted by atomic mass is 10.9. The van der Waals surface area contributed by atoms with E-state index >= 15 is 0 Å². The van der Waals surface area contributed by atoms with E-state index in [1.54, 1.807) is 0 Å². The smallest absolute Gasteiger partial charge is 0.277 e. The minimum absolute atomic E-state index is 0.0162. The second-order valence-electron chi connectivity index (χ2n) is 0.659. The molecule has 0 unspecified atom stereocenters. The Kier molecular flexibility index (Phi) is 4.06. The molecule has 0 heterocycles. The maximum atomic E-state index is 5.04. The van der Waals surface area contributed by atoms with Gasteiger partial charge in [0.05, 0.1) is 0 Å². The molecule has 3 heteroatoms. The molecule has 0 saturated heterocycles. The fourth-order valence-corrected chi connectivity index (χ4v) is 0.327. The van der Waals surface area contributed by atoms with Crippen LogP contribution < -0.4 is 0 Å². The van der Waals surface area contributed by atoms with Crippen LogP contribution in [0.5, 0.6) is 0 Å². The van der Waals surface area contributed by atoms with E-state index in [4.69, 9.17) is 23.2 Å². The first-order chi connectivity index (χ1) is 2.77. The van der Waals surface area contributed by atoms with Gasteiger partial charge in [0.1, 0.15) is 0 Å². The lowest BCUT2D eigenvalue weighted by Crippen LogP contribution is -1.84. The number of hydrogen-bond donors (Lipinski definition) is 0. The summed E-state index contributed by atoms with van der Waals surface area (Å²) in [6.07, 6.45) is 0. The summed E-state index contributed by atoms with van der Waals surface area (Å²) >= 11 is 10.1. The SMILES string of the molecule is CCO[C](Cl)Cl. The summed E-state index contributed by atoms with van der Waals surface area (Å²) < 4.78 is 4.49. The Morgan fingerprint density at radius 1 is 1.67 bits per heavy atom. The number of ether oxygens (including phenoxy) is 1. The van der Waals surface area contributed by atoms with E-state index in [2.05, 4.69) is 4.74 Å². The maximum absolute atomic E-state index is 5.04. The third-order valence-corrected chi connectivity index (χ3v) is 0.472. The molecule has 0 aromatic rings. The summed E-state index contributed by atoms with van der Waals surface area (Å²) in [6, 6.07) is 0. The van der Waals surface area contributed by atoms with Gasteiger partial charge in [-0.3, -0.25) is 0 Å². The van der Waals surface area contributed by atoms with Crippen LogP contribution in [0.3, 0.4) is 0 Å². The van der Waals surface area contributed by atoms with Crippen molar-refractivity contribution >= 4 is 23.2 Å². The highest BCUT2D eigenvalue weighted by Crippen LogP contribution is 2.11. The quantitative estimate of drug-likeness (QED) is 0.552. The summed E-state index contributed by atoms with van der Waals surface area (Å²) in [7, 11) is 0. The normalized spacial score (nSPS) is 10.0. The van der Waals surface area contributed by atoms with Crippen molar-refractivity contribution in [3.8, 4) is 0 Å². The van der Waals surface area contributed by atoms with Crippen LogP contribution in [-0.2, 0) is 4.74 Å². The molecule has 0 atom stereocenters. The number of rotatable bonds is 2. The van der Waals surface area contributed by atoms with Gasteiger partial charge in [0.15, 0.2) is 0 Å². The van der Waals surface area contributed by atoms with Crippen molar-refractivity contribution in [3.63, 3.8) is 0 Å². The van der Waals surface area contributed by atoms with Gasteiger partial charge in [-0.25, -0.2) is 0 Å². The molecule has 0 rings (SSSR count). The standard InChI is InChI=1S/C3H5Cl2O/c1-2-6-3(4)5/h2H2,1H3. The van der Waals surface area contributed by atoms with E-state index in [9.17, 15) is 0 Å². The molecule has 0 N–H and O–H groups in total. The zero-order valence-corrected chi connectivity index (χ0v) is 4.88. The molecule has 0 aliphatic heterocycles.